The van der Waals surface area contributed by atoms with Crippen LogP contribution in [-0.2, 0) is 13.0 Å². The maximum Gasteiger partial charge on any atom is 0.320 e. The summed E-state index contributed by atoms with van der Waals surface area (Å²) in [6.45, 7) is 1.93. The molecule has 8 heteroatoms. The summed E-state index contributed by atoms with van der Waals surface area (Å²) in [7, 11) is 0. The largest absolute Gasteiger partial charge is 0.463 e. The van der Waals surface area contributed by atoms with E-state index in [4.69, 9.17) is 14.9 Å². The average Bonchev–Trinajstić information content (AvgIpc) is 3.31. The van der Waals surface area contributed by atoms with E-state index in [2.05, 4.69) is 15.0 Å². The molecule has 0 aliphatic carbocycles. The zero-order valence-corrected chi connectivity index (χ0v) is 15.4. The van der Waals surface area contributed by atoms with Gasteiger partial charge in [0.1, 0.15) is 6.17 Å². The lowest BCUT2D eigenvalue weighted by Gasteiger charge is -2.09. The molecule has 1 unspecified atom stereocenters. The predicted octanol–water partition coefficient (Wildman–Crippen LogP) is 3.65. The van der Waals surface area contributed by atoms with Crippen LogP contribution in [0.25, 0.3) is 22.7 Å². The summed E-state index contributed by atoms with van der Waals surface area (Å²) in [6, 6.07) is 13.6. The maximum atomic E-state index is 13.8. The van der Waals surface area contributed by atoms with E-state index in [-0.39, 0.29) is 18.4 Å². The standard InChI is InChI=1S/C20H20FN5O2/c1-13(21)12-26-18(15-8-5-10-27-15)23-16-17(22)24-20(25-19(16)26)28-11-9-14-6-3-2-4-7-14/h2-8,10,13H,9,11-12H2,1H3,(H2,22,24,25). The minimum Gasteiger partial charge on any atom is -0.463 e. The quantitative estimate of drug-likeness (QED) is 0.525. The zero-order valence-electron chi connectivity index (χ0n) is 15.4. The fourth-order valence-corrected chi connectivity index (χ4v) is 2.99. The van der Waals surface area contributed by atoms with Gasteiger partial charge in [-0.05, 0) is 24.6 Å². The molecule has 2 N–H and O–H groups in total. The molecule has 0 amide bonds. The maximum absolute atomic E-state index is 13.8. The van der Waals surface area contributed by atoms with Crippen LogP contribution in [0.2, 0.25) is 0 Å². The Morgan fingerprint density at radius 3 is 2.68 bits per heavy atom. The van der Waals surface area contributed by atoms with Crippen LogP contribution in [0.3, 0.4) is 0 Å². The highest BCUT2D eigenvalue weighted by Gasteiger charge is 2.21. The molecule has 0 aliphatic rings. The molecule has 1 aromatic carbocycles. The van der Waals surface area contributed by atoms with Crippen molar-refractivity contribution in [2.75, 3.05) is 12.3 Å². The number of fused-ring (bicyclic) bond motifs is 1. The number of nitrogen functional groups attached to an aromatic ring is 1. The van der Waals surface area contributed by atoms with Crippen molar-refractivity contribution in [1.29, 1.82) is 0 Å². The smallest absolute Gasteiger partial charge is 0.320 e. The lowest BCUT2D eigenvalue weighted by Crippen LogP contribution is -2.11. The third kappa shape index (κ3) is 3.66. The van der Waals surface area contributed by atoms with Crippen molar-refractivity contribution in [3.63, 3.8) is 0 Å². The highest BCUT2D eigenvalue weighted by atomic mass is 19.1. The van der Waals surface area contributed by atoms with Gasteiger partial charge in [0.15, 0.2) is 28.6 Å². The Labute approximate surface area is 161 Å². The van der Waals surface area contributed by atoms with Crippen molar-refractivity contribution < 1.29 is 13.5 Å². The van der Waals surface area contributed by atoms with E-state index in [1.54, 1.807) is 16.7 Å². The Morgan fingerprint density at radius 1 is 1.14 bits per heavy atom. The van der Waals surface area contributed by atoms with Gasteiger partial charge in [-0.25, -0.2) is 9.37 Å². The van der Waals surface area contributed by atoms with Gasteiger partial charge in [-0.15, -0.1) is 0 Å². The van der Waals surface area contributed by atoms with Crippen LogP contribution in [0.4, 0.5) is 10.2 Å². The van der Waals surface area contributed by atoms with Gasteiger partial charge in [-0.3, -0.25) is 0 Å². The second kappa shape index (κ2) is 7.67. The lowest BCUT2D eigenvalue weighted by atomic mass is 10.2. The van der Waals surface area contributed by atoms with Crippen LogP contribution >= 0.6 is 0 Å². The van der Waals surface area contributed by atoms with Gasteiger partial charge < -0.3 is 19.5 Å². The fraction of sp³-hybridized carbons (Fsp3) is 0.250. The molecule has 7 nitrogen and oxygen atoms in total. The van der Waals surface area contributed by atoms with Crippen LogP contribution in [-0.4, -0.2) is 32.3 Å². The summed E-state index contributed by atoms with van der Waals surface area (Å²) < 4.78 is 26.6. The molecular formula is C20H20FN5O2. The van der Waals surface area contributed by atoms with Crippen molar-refractivity contribution in [2.24, 2.45) is 0 Å². The Balaban J connectivity index is 1.66. The van der Waals surface area contributed by atoms with Crippen molar-refractivity contribution >= 4 is 17.0 Å². The number of imidazole rings is 1. The molecule has 0 aliphatic heterocycles. The van der Waals surface area contributed by atoms with E-state index in [0.717, 1.165) is 5.56 Å². The number of ether oxygens (including phenoxy) is 1. The highest BCUT2D eigenvalue weighted by Crippen LogP contribution is 2.28. The molecule has 0 saturated carbocycles. The number of nitrogens with two attached hydrogens (primary N) is 1. The Bertz CT molecular complexity index is 1060. The summed E-state index contributed by atoms with van der Waals surface area (Å²) in [5.74, 6) is 1.13. The molecule has 3 heterocycles. The molecule has 3 aromatic heterocycles. The number of nitrogens with zero attached hydrogens (tertiary/aromatic N) is 4. The third-order valence-electron chi connectivity index (χ3n) is 4.24. The van der Waals surface area contributed by atoms with E-state index in [1.165, 1.54) is 13.2 Å². The Morgan fingerprint density at radius 2 is 1.96 bits per heavy atom. The molecular weight excluding hydrogens is 361 g/mol. The highest BCUT2D eigenvalue weighted by molar-refractivity contribution is 5.85. The van der Waals surface area contributed by atoms with Crippen molar-refractivity contribution in [2.45, 2.75) is 26.1 Å². The van der Waals surface area contributed by atoms with Crippen LogP contribution in [0.1, 0.15) is 12.5 Å². The molecule has 0 saturated heterocycles. The first-order chi connectivity index (χ1) is 13.6. The summed E-state index contributed by atoms with van der Waals surface area (Å²) >= 11 is 0. The number of halogens is 1. The van der Waals surface area contributed by atoms with Crippen molar-refractivity contribution in [1.82, 2.24) is 19.5 Å². The fourth-order valence-electron chi connectivity index (χ4n) is 2.99. The first-order valence-corrected chi connectivity index (χ1v) is 9.00. The topological polar surface area (TPSA) is 92.0 Å². The minimum absolute atomic E-state index is 0.0619. The van der Waals surface area contributed by atoms with Gasteiger partial charge in [-0.1, -0.05) is 30.3 Å². The summed E-state index contributed by atoms with van der Waals surface area (Å²) in [4.78, 5) is 13.1. The van der Waals surface area contributed by atoms with Crippen molar-refractivity contribution in [3.05, 3.63) is 54.3 Å². The minimum atomic E-state index is -1.11. The number of hydrogen-bond acceptors (Lipinski definition) is 6. The monoisotopic (exact) mass is 381 g/mol. The lowest BCUT2D eigenvalue weighted by molar-refractivity contribution is 0.296. The van der Waals surface area contributed by atoms with Crippen LogP contribution < -0.4 is 10.5 Å². The molecule has 0 fully saturated rings. The number of rotatable bonds is 7. The van der Waals surface area contributed by atoms with E-state index in [1.807, 2.05) is 30.3 Å². The predicted molar refractivity (Wildman–Crippen MR) is 104 cm³/mol. The summed E-state index contributed by atoms with van der Waals surface area (Å²) in [6.07, 6.45) is 1.13. The zero-order chi connectivity index (χ0) is 19.5. The number of aromatic nitrogens is 4. The molecule has 0 spiro atoms. The van der Waals surface area contributed by atoms with E-state index in [0.29, 0.717) is 35.8 Å². The average molecular weight is 381 g/mol. The molecule has 4 aromatic rings. The first kappa shape index (κ1) is 18.0. The van der Waals surface area contributed by atoms with E-state index >= 15 is 0 Å². The SMILES string of the molecule is CC(F)Cn1c(-c2ccco2)nc2c(N)nc(OCCc3ccccc3)nc21. The second-order valence-electron chi connectivity index (χ2n) is 6.45. The molecule has 0 bridgehead atoms. The van der Waals surface area contributed by atoms with Gasteiger partial charge in [0.25, 0.3) is 0 Å². The second-order valence-corrected chi connectivity index (χ2v) is 6.45. The van der Waals surface area contributed by atoms with Gasteiger partial charge >= 0.3 is 6.01 Å². The van der Waals surface area contributed by atoms with E-state index < -0.39 is 6.17 Å². The number of alkyl halides is 1. The molecule has 28 heavy (non-hydrogen) atoms. The number of anilines is 1. The van der Waals surface area contributed by atoms with Crippen molar-refractivity contribution in [3.8, 4) is 17.6 Å². The number of furan rings is 1. The number of benzene rings is 1. The summed E-state index contributed by atoms with van der Waals surface area (Å²) in [5.41, 5.74) is 8.03. The number of hydrogen-bond donors (Lipinski definition) is 1. The van der Waals surface area contributed by atoms with Crippen LogP contribution in [0, 0.1) is 0 Å². The molecule has 0 radical (unpaired) electrons. The summed E-state index contributed by atoms with van der Waals surface area (Å²) in [5, 5.41) is 0. The van der Waals surface area contributed by atoms with Gasteiger partial charge in [0.05, 0.1) is 19.4 Å². The Kier molecular flexibility index (Phi) is 4.92. The van der Waals surface area contributed by atoms with Gasteiger partial charge in [0.2, 0.25) is 0 Å². The molecule has 1 atom stereocenters. The van der Waals surface area contributed by atoms with Gasteiger partial charge in [0, 0.05) is 6.42 Å². The van der Waals surface area contributed by atoms with Crippen LogP contribution in [0.15, 0.2) is 53.1 Å². The first-order valence-electron chi connectivity index (χ1n) is 9.00. The third-order valence-corrected chi connectivity index (χ3v) is 4.24. The van der Waals surface area contributed by atoms with Crippen LogP contribution in [0.5, 0.6) is 6.01 Å². The molecule has 4 rings (SSSR count). The van der Waals surface area contributed by atoms with E-state index in [9.17, 15) is 4.39 Å². The van der Waals surface area contributed by atoms with Gasteiger partial charge in [-0.2, -0.15) is 9.97 Å². The normalized spacial score (nSPS) is 12.4. The molecule has 144 valence electrons. The Hall–Kier alpha value is -3.42.